The normalized spacial score (nSPS) is 18.6. The Morgan fingerprint density at radius 1 is 1.58 bits per heavy atom. The van der Waals surface area contributed by atoms with Gasteiger partial charge in [0.25, 0.3) is 0 Å². The molecular weight excluding hydrogens is 306 g/mol. The average molecular weight is 326 g/mol. The van der Waals surface area contributed by atoms with E-state index < -0.39 is 0 Å². The van der Waals surface area contributed by atoms with Crippen molar-refractivity contribution in [2.24, 2.45) is 0 Å². The first kappa shape index (κ1) is 14.4. The van der Waals surface area contributed by atoms with Crippen molar-refractivity contribution in [2.75, 3.05) is 5.32 Å². The summed E-state index contributed by atoms with van der Waals surface area (Å²) in [5, 5.41) is 2.95. The Hall–Kier alpha value is -1.03. The first-order chi connectivity index (χ1) is 9.10. The van der Waals surface area contributed by atoms with E-state index in [1.54, 1.807) is 0 Å². The standard InChI is InChI=1S/C15H20BrNO2/c1-3-4-5-13(16)15(18)17-12-6-7-14-11(9-12)8-10(2)19-14/h6-7,9-10,13H,3-5,8H2,1-2H3,(H,17,18). The molecular formula is C15H20BrNO2. The van der Waals surface area contributed by atoms with Gasteiger partial charge in [0.05, 0.1) is 4.83 Å². The maximum Gasteiger partial charge on any atom is 0.238 e. The molecule has 1 aliphatic rings. The summed E-state index contributed by atoms with van der Waals surface area (Å²) >= 11 is 3.44. The van der Waals surface area contributed by atoms with Gasteiger partial charge in [0.1, 0.15) is 11.9 Å². The van der Waals surface area contributed by atoms with Gasteiger partial charge in [0, 0.05) is 12.1 Å². The van der Waals surface area contributed by atoms with Crippen molar-refractivity contribution < 1.29 is 9.53 Å². The summed E-state index contributed by atoms with van der Waals surface area (Å²) in [7, 11) is 0. The smallest absolute Gasteiger partial charge is 0.238 e. The molecule has 1 aliphatic heterocycles. The number of carbonyl (C=O) groups is 1. The van der Waals surface area contributed by atoms with Crippen LogP contribution in [0.1, 0.15) is 38.7 Å². The molecule has 19 heavy (non-hydrogen) atoms. The first-order valence-corrected chi connectivity index (χ1v) is 7.76. The maximum absolute atomic E-state index is 12.0. The van der Waals surface area contributed by atoms with Gasteiger partial charge in [-0.25, -0.2) is 0 Å². The zero-order valence-corrected chi connectivity index (χ0v) is 13.0. The Morgan fingerprint density at radius 2 is 2.37 bits per heavy atom. The highest BCUT2D eigenvalue weighted by molar-refractivity contribution is 9.10. The van der Waals surface area contributed by atoms with Gasteiger partial charge < -0.3 is 10.1 Å². The lowest BCUT2D eigenvalue weighted by Crippen LogP contribution is -2.22. The zero-order valence-electron chi connectivity index (χ0n) is 11.4. The molecule has 2 atom stereocenters. The average Bonchev–Trinajstić information content (AvgIpc) is 2.75. The number of halogens is 1. The van der Waals surface area contributed by atoms with Gasteiger partial charge in [0.2, 0.25) is 5.91 Å². The number of hydrogen-bond donors (Lipinski definition) is 1. The predicted octanol–water partition coefficient (Wildman–Crippen LogP) is 3.90. The Bertz CT molecular complexity index is 461. The van der Waals surface area contributed by atoms with Crippen molar-refractivity contribution in [2.45, 2.75) is 50.5 Å². The molecule has 1 aromatic carbocycles. The summed E-state index contributed by atoms with van der Waals surface area (Å²) < 4.78 is 5.65. The van der Waals surface area contributed by atoms with Crippen LogP contribution in [-0.2, 0) is 11.2 Å². The third kappa shape index (κ3) is 3.72. The summed E-state index contributed by atoms with van der Waals surface area (Å²) in [6.45, 7) is 4.18. The molecule has 1 aromatic rings. The number of benzene rings is 1. The molecule has 3 nitrogen and oxygen atoms in total. The third-order valence-corrected chi connectivity index (χ3v) is 4.13. The molecule has 0 aliphatic carbocycles. The van der Waals surface area contributed by atoms with Crippen LogP contribution < -0.4 is 10.1 Å². The first-order valence-electron chi connectivity index (χ1n) is 6.84. The Morgan fingerprint density at radius 3 is 3.11 bits per heavy atom. The highest BCUT2D eigenvalue weighted by Gasteiger charge is 2.20. The fourth-order valence-corrected chi connectivity index (χ4v) is 2.67. The second-order valence-corrected chi connectivity index (χ2v) is 6.16. The van der Waals surface area contributed by atoms with E-state index in [9.17, 15) is 4.79 Å². The van der Waals surface area contributed by atoms with Crippen LogP contribution in [0.3, 0.4) is 0 Å². The van der Waals surface area contributed by atoms with Crippen LogP contribution in [0.5, 0.6) is 5.75 Å². The third-order valence-electron chi connectivity index (χ3n) is 3.26. The van der Waals surface area contributed by atoms with Gasteiger partial charge in [0.15, 0.2) is 0 Å². The molecule has 0 fully saturated rings. The fraction of sp³-hybridized carbons (Fsp3) is 0.533. The fourth-order valence-electron chi connectivity index (χ4n) is 2.23. The number of carbonyl (C=O) groups excluding carboxylic acids is 1. The molecule has 0 saturated heterocycles. The van der Waals surface area contributed by atoms with E-state index in [-0.39, 0.29) is 16.8 Å². The number of amides is 1. The second kappa shape index (κ2) is 6.42. The van der Waals surface area contributed by atoms with E-state index in [0.29, 0.717) is 0 Å². The Kier molecular flexibility index (Phi) is 4.86. The predicted molar refractivity (Wildman–Crippen MR) is 81.1 cm³/mol. The van der Waals surface area contributed by atoms with Crippen molar-refractivity contribution in [1.29, 1.82) is 0 Å². The monoisotopic (exact) mass is 325 g/mol. The van der Waals surface area contributed by atoms with Crippen LogP contribution >= 0.6 is 15.9 Å². The lowest BCUT2D eigenvalue weighted by atomic mass is 10.1. The molecule has 2 unspecified atom stereocenters. The molecule has 1 amide bonds. The second-order valence-electron chi connectivity index (χ2n) is 5.05. The van der Waals surface area contributed by atoms with Gasteiger partial charge in [-0.15, -0.1) is 0 Å². The van der Waals surface area contributed by atoms with Crippen LogP contribution in [0.15, 0.2) is 18.2 Å². The summed E-state index contributed by atoms with van der Waals surface area (Å²) in [6, 6.07) is 5.84. The number of alkyl halides is 1. The quantitative estimate of drug-likeness (QED) is 0.834. The van der Waals surface area contributed by atoms with Gasteiger partial charge >= 0.3 is 0 Å². The van der Waals surface area contributed by atoms with Gasteiger partial charge in [-0.2, -0.15) is 0 Å². The number of ether oxygens (including phenoxy) is 1. The van der Waals surface area contributed by atoms with Crippen molar-refractivity contribution in [1.82, 2.24) is 0 Å². The van der Waals surface area contributed by atoms with Crippen LogP contribution in [0, 0.1) is 0 Å². The van der Waals surface area contributed by atoms with Crippen LogP contribution in [0.25, 0.3) is 0 Å². The number of hydrogen-bond acceptors (Lipinski definition) is 2. The highest BCUT2D eigenvalue weighted by Crippen LogP contribution is 2.31. The van der Waals surface area contributed by atoms with Crippen LogP contribution in [0.2, 0.25) is 0 Å². The van der Waals surface area contributed by atoms with E-state index in [4.69, 9.17) is 4.74 Å². The SMILES string of the molecule is CCCCC(Br)C(=O)Nc1ccc2c(c1)CC(C)O2. The number of nitrogens with one attached hydrogen (secondary N) is 1. The minimum Gasteiger partial charge on any atom is -0.490 e. The molecule has 0 aromatic heterocycles. The largest absolute Gasteiger partial charge is 0.490 e. The molecule has 104 valence electrons. The van der Waals surface area contributed by atoms with E-state index in [1.807, 2.05) is 18.2 Å². The number of anilines is 1. The van der Waals surface area contributed by atoms with Crippen LogP contribution in [0.4, 0.5) is 5.69 Å². The van der Waals surface area contributed by atoms with Crippen molar-refractivity contribution >= 4 is 27.5 Å². The maximum atomic E-state index is 12.0. The summed E-state index contributed by atoms with van der Waals surface area (Å²) in [5.74, 6) is 0.965. The highest BCUT2D eigenvalue weighted by atomic mass is 79.9. The van der Waals surface area contributed by atoms with Crippen molar-refractivity contribution in [3.8, 4) is 5.75 Å². The number of rotatable bonds is 5. The summed E-state index contributed by atoms with van der Waals surface area (Å²) in [5.41, 5.74) is 2.02. The number of unbranched alkanes of at least 4 members (excludes halogenated alkanes) is 1. The van der Waals surface area contributed by atoms with Gasteiger partial charge in [-0.1, -0.05) is 35.7 Å². The summed E-state index contributed by atoms with van der Waals surface area (Å²) in [4.78, 5) is 11.9. The van der Waals surface area contributed by atoms with Gasteiger partial charge in [-0.3, -0.25) is 4.79 Å². The molecule has 0 radical (unpaired) electrons. The Labute approximate surface area is 122 Å². The molecule has 0 bridgehead atoms. The molecule has 4 heteroatoms. The van der Waals surface area contributed by atoms with E-state index in [0.717, 1.165) is 37.1 Å². The van der Waals surface area contributed by atoms with E-state index in [2.05, 4.69) is 35.1 Å². The molecule has 1 N–H and O–H groups in total. The molecule has 0 spiro atoms. The lowest BCUT2D eigenvalue weighted by molar-refractivity contribution is -0.115. The zero-order chi connectivity index (χ0) is 13.8. The lowest BCUT2D eigenvalue weighted by Gasteiger charge is -2.11. The topological polar surface area (TPSA) is 38.3 Å². The summed E-state index contributed by atoms with van der Waals surface area (Å²) in [6.07, 6.45) is 4.16. The van der Waals surface area contributed by atoms with Gasteiger partial charge in [-0.05, 0) is 37.1 Å². The minimum absolute atomic E-state index is 0.0281. The van der Waals surface area contributed by atoms with Crippen molar-refractivity contribution in [3.63, 3.8) is 0 Å². The minimum atomic E-state index is -0.115. The molecule has 1 heterocycles. The van der Waals surface area contributed by atoms with Crippen LogP contribution in [-0.4, -0.2) is 16.8 Å². The van der Waals surface area contributed by atoms with E-state index in [1.165, 1.54) is 5.56 Å². The van der Waals surface area contributed by atoms with E-state index >= 15 is 0 Å². The Balaban J connectivity index is 1.96. The number of fused-ring (bicyclic) bond motifs is 1. The van der Waals surface area contributed by atoms with Crippen molar-refractivity contribution in [3.05, 3.63) is 23.8 Å². The molecule has 2 rings (SSSR count). The molecule has 0 saturated carbocycles.